The van der Waals surface area contributed by atoms with Crippen LogP contribution in [0.25, 0.3) is 0 Å². The van der Waals surface area contributed by atoms with Gasteiger partial charge in [-0.1, -0.05) is 18.2 Å². The molecule has 2 atom stereocenters. The highest BCUT2D eigenvalue weighted by Crippen LogP contribution is 2.35. The van der Waals surface area contributed by atoms with Crippen LogP contribution in [0.5, 0.6) is 0 Å². The topological polar surface area (TPSA) is 42.0 Å². The smallest absolute Gasteiger partial charge is 0.248 e. The van der Waals surface area contributed by atoms with Crippen LogP contribution >= 0.6 is 11.3 Å². The lowest BCUT2D eigenvalue weighted by molar-refractivity contribution is -0.136. The van der Waals surface area contributed by atoms with Crippen molar-refractivity contribution in [3.8, 4) is 0 Å². The predicted octanol–water partition coefficient (Wildman–Crippen LogP) is 3.22. The molecule has 2 heterocycles. The number of hydrogen-bond donors (Lipinski definition) is 0. The summed E-state index contributed by atoms with van der Waals surface area (Å²) < 4.78 is 24.1. The molecule has 1 saturated heterocycles. The van der Waals surface area contributed by atoms with E-state index >= 15 is 0 Å². The van der Waals surface area contributed by atoms with Gasteiger partial charge >= 0.3 is 0 Å². The maximum absolute atomic E-state index is 13.9. The minimum absolute atomic E-state index is 0.0424. The molecule has 5 nitrogen and oxygen atoms in total. The molecule has 0 bridgehead atoms. The quantitative estimate of drug-likeness (QED) is 0.592. The number of nitrogens with zero attached hydrogens (tertiary/aromatic N) is 2. The molecule has 2 aromatic rings. The van der Waals surface area contributed by atoms with Crippen LogP contribution in [0.3, 0.4) is 0 Å². The van der Waals surface area contributed by atoms with Crippen LogP contribution in [0.4, 0.5) is 4.39 Å². The SMILES string of the molecule is COCCN(C[C@@H]1CN(Cc2cccs2)C[C@@H]1c1cccc(F)c1)C(=O)COC. The normalized spacial score (nSPS) is 19.6. The first-order valence-corrected chi connectivity index (χ1v) is 10.7. The van der Waals surface area contributed by atoms with Gasteiger partial charge in [0.25, 0.3) is 0 Å². The Hall–Kier alpha value is -1.80. The van der Waals surface area contributed by atoms with E-state index in [1.165, 1.54) is 18.1 Å². The molecular weight excluding hydrogens is 391 g/mol. The number of rotatable bonds is 10. The Morgan fingerprint density at radius 2 is 2.10 bits per heavy atom. The number of ether oxygens (including phenoxy) is 2. The summed E-state index contributed by atoms with van der Waals surface area (Å²) in [6.45, 7) is 4.25. The third-order valence-corrected chi connectivity index (χ3v) is 6.25. The summed E-state index contributed by atoms with van der Waals surface area (Å²) >= 11 is 1.75. The molecule has 158 valence electrons. The number of hydrogen-bond acceptors (Lipinski definition) is 5. The number of likely N-dealkylation sites (tertiary alicyclic amines) is 1. The molecule has 29 heavy (non-hydrogen) atoms. The molecule has 1 amide bonds. The lowest BCUT2D eigenvalue weighted by atomic mass is 9.88. The standard InChI is InChI=1S/C22H29FN2O3S/c1-27-9-8-25(22(26)16-28-2)13-18-12-24(14-20-7-4-10-29-20)15-21(18)17-5-3-6-19(23)11-17/h3-7,10-11,18,21H,8-9,12-16H2,1-2H3/t18-,21+/m0/s1. The zero-order chi connectivity index (χ0) is 20.6. The molecule has 0 saturated carbocycles. The van der Waals surface area contributed by atoms with E-state index in [4.69, 9.17) is 9.47 Å². The molecule has 7 heteroatoms. The molecule has 0 radical (unpaired) electrons. The maximum atomic E-state index is 13.9. The van der Waals surface area contributed by atoms with E-state index < -0.39 is 0 Å². The number of amides is 1. The van der Waals surface area contributed by atoms with Crippen LogP contribution in [-0.2, 0) is 20.8 Å². The summed E-state index contributed by atoms with van der Waals surface area (Å²) in [5.74, 6) is 0.129. The Morgan fingerprint density at radius 1 is 1.24 bits per heavy atom. The van der Waals surface area contributed by atoms with Crippen molar-refractivity contribution in [2.75, 3.05) is 53.6 Å². The lowest BCUT2D eigenvalue weighted by Crippen LogP contribution is -2.41. The molecule has 0 aliphatic carbocycles. The summed E-state index contributed by atoms with van der Waals surface area (Å²) in [6, 6.07) is 11.1. The summed E-state index contributed by atoms with van der Waals surface area (Å²) in [4.78, 5) is 18.1. The Labute approximate surface area is 176 Å². The average molecular weight is 421 g/mol. The third kappa shape index (κ3) is 6.09. The Kier molecular flexibility index (Phi) is 8.18. The Bertz CT molecular complexity index is 771. The molecule has 1 aromatic carbocycles. The monoisotopic (exact) mass is 420 g/mol. The summed E-state index contributed by atoms with van der Waals surface area (Å²) in [7, 11) is 3.16. The van der Waals surface area contributed by atoms with Crippen LogP contribution in [0, 0.1) is 11.7 Å². The van der Waals surface area contributed by atoms with Gasteiger partial charge in [-0.3, -0.25) is 9.69 Å². The van der Waals surface area contributed by atoms with Gasteiger partial charge in [0.15, 0.2) is 0 Å². The minimum Gasteiger partial charge on any atom is -0.383 e. The van der Waals surface area contributed by atoms with Crippen molar-refractivity contribution in [2.24, 2.45) is 5.92 Å². The zero-order valence-corrected chi connectivity index (χ0v) is 17.9. The van der Waals surface area contributed by atoms with Gasteiger partial charge in [-0.05, 0) is 35.1 Å². The van der Waals surface area contributed by atoms with Crippen molar-refractivity contribution in [3.63, 3.8) is 0 Å². The van der Waals surface area contributed by atoms with Gasteiger partial charge < -0.3 is 14.4 Å². The molecular formula is C22H29FN2O3S. The highest BCUT2D eigenvalue weighted by Gasteiger charge is 2.36. The molecule has 1 aromatic heterocycles. The summed E-state index contributed by atoms with van der Waals surface area (Å²) in [5, 5.41) is 2.09. The van der Waals surface area contributed by atoms with Gasteiger partial charge in [0.2, 0.25) is 5.91 Å². The van der Waals surface area contributed by atoms with Crippen molar-refractivity contribution in [2.45, 2.75) is 12.5 Å². The molecule has 0 spiro atoms. The number of methoxy groups -OCH3 is 2. The third-order valence-electron chi connectivity index (χ3n) is 5.39. The Morgan fingerprint density at radius 3 is 2.79 bits per heavy atom. The van der Waals surface area contributed by atoms with E-state index in [0.29, 0.717) is 19.7 Å². The van der Waals surface area contributed by atoms with Crippen LogP contribution in [0.2, 0.25) is 0 Å². The maximum Gasteiger partial charge on any atom is 0.248 e. The second kappa shape index (κ2) is 10.8. The van der Waals surface area contributed by atoms with Crippen LogP contribution in [-0.4, -0.2) is 69.3 Å². The second-order valence-corrected chi connectivity index (χ2v) is 8.49. The van der Waals surface area contributed by atoms with E-state index in [-0.39, 0.29) is 30.2 Å². The average Bonchev–Trinajstić information content (AvgIpc) is 3.35. The van der Waals surface area contributed by atoms with Crippen LogP contribution < -0.4 is 0 Å². The largest absolute Gasteiger partial charge is 0.383 e. The first kappa shape index (κ1) is 21.9. The Balaban J connectivity index is 1.77. The van der Waals surface area contributed by atoms with Crippen molar-refractivity contribution in [1.82, 2.24) is 9.80 Å². The van der Waals surface area contributed by atoms with Gasteiger partial charge in [-0.2, -0.15) is 0 Å². The zero-order valence-electron chi connectivity index (χ0n) is 17.1. The number of carbonyl (C=O) groups is 1. The van der Waals surface area contributed by atoms with Gasteiger partial charge in [0, 0.05) is 57.7 Å². The molecule has 1 aliphatic heterocycles. The van der Waals surface area contributed by atoms with E-state index in [2.05, 4.69) is 22.4 Å². The second-order valence-electron chi connectivity index (χ2n) is 7.46. The fourth-order valence-electron chi connectivity index (χ4n) is 4.03. The predicted molar refractivity (Wildman–Crippen MR) is 113 cm³/mol. The van der Waals surface area contributed by atoms with Crippen LogP contribution in [0.1, 0.15) is 16.4 Å². The number of halogens is 1. The van der Waals surface area contributed by atoms with Crippen LogP contribution in [0.15, 0.2) is 41.8 Å². The highest BCUT2D eigenvalue weighted by molar-refractivity contribution is 7.09. The fourth-order valence-corrected chi connectivity index (χ4v) is 4.78. The molecule has 3 rings (SSSR count). The number of carbonyl (C=O) groups excluding carboxylic acids is 1. The van der Waals surface area contributed by atoms with E-state index in [1.54, 1.807) is 30.6 Å². The summed E-state index contributed by atoms with van der Waals surface area (Å²) in [5.41, 5.74) is 0.995. The molecule has 1 aliphatic rings. The van der Waals surface area contributed by atoms with Gasteiger partial charge in [-0.15, -0.1) is 11.3 Å². The van der Waals surface area contributed by atoms with Gasteiger partial charge in [0.05, 0.1) is 6.61 Å². The summed E-state index contributed by atoms with van der Waals surface area (Å²) in [6.07, 6.45) is 0. The van der Waals surface area contributed by atoms with E-state index in [1.807, 2.05) is 11.0 Å². The van der Waals surface area contributed by atoms with Crippen molar-refractivity contribution < 1.29 is 18.7 Å². The number of benzene rings is 1. The van der Waals surface area contributed by atoms with Crippen molar-refractivity contribution in [3.05, 3.63) is 58.0 Å². The molecule has 0 N–H and O–H groups in total. The first-order chi connectivity index (χ1) is 14.1. The molecule has 0 unspecified atom stereocenters. The first-order valence-electron chi connectivity index (χ1n) is 9.86. The van der Waals surface area contributed by atoms with E-state index in [0.717, 1.165) is 25.2 Å². The van der Waals surface area contributed by atoms with Crippen molar-refractivity contribution >= 4 is 17.2 Å². The lowest BCUT2D eigenvalue weighted by Gasteiger charge is -2.28. The number of thiophene rings is 1. The highest BCUT2D eigenvalue weighted by atomic mass is 32.1. The van der Waals surface area contributed by atoms with Crippen molar-refractivity contribution in [1.29, 1.82) is 0 Å². The van der Waals surface area contributed by atoms with Gasteiger partial charge in [-0.25, -0.2) is 4.39 Å². The van der Waals surface area contributed by atoms with Gasteiger partial charge in [0.1, 0.15) is 12.4 Å². The molecule has 1 fully saturated rings. The minimum atomic E-state index is -0.218. The van der Waals surface area contributed by atoms with E-state index in [9.17, 15) is 9.18 Å². The fraction of sp³-hybridized carbons (Fsp3) is 0.500.